The largest absolute Gasteiger partial charge is 0.465 e. The molecule has 0 bridgehead atoms. The van der Waals surface area contributed by atoms with Crippen LogP contribution in [0.15, 0.2) is 41.0 Å². The highest BCUT2D eigenvalue weighted by Gasteiger charge is 2.26. The molecule has 1 aromatic rings. The highest BCUT2D eigenvalue weighted by molar-refractivity contribution is 5.98. The van der Waals surface area contributed by atoms with Crippen molar-refractivity contribution >= 4 is 23.1 Å². The maximum atomic E-state index is 11.6. The first-order chi connectivity index (χ1) is 13.4. The lowest BCUT2D eigenvalue weighted by Crippen LogP contribution is -2.36. The summed E-state index contributed by atoms with van der Waals surface area (Å²) in [4.78, 5) is 18.4. The van der Waals surface area contributed by atoms with E-state index in [4.69, 9.17) is 9.47 Å². The van der Waals surface area contributed by atoms with E-state index >= 15 is 0 Å². The number of nitrogens with zero attached hydrogens (tertiary/aromatic N) is 2. The molecule has 6 nitrogen and oxygen atoms in total. The Morgan fingerprint density at radius 3 is 2.61 bits per heavy atom. The van der Waals surface area contributed by atoms with Crippen LogP contribution in [-0.4, -0.2) is 51.1 Å². The van der Waals surface area contributed by atoms with E-state index in [1.54, 1.807) is 6.92 Å². The predicted molar refractivity (Wildman–Crippen MR) is 113 cm³/mol. The van der Waals surface area contributed by atoms with Crippen LogP contribution >= 0.6 is 0 Å². The van der Waals surface area contributed by atoms with Gasteiger partial charge in [0, 0.05) is 35.9 Å². The Morgan fingerprint density at radius 2 is 1.93 bits per heavy atom. The summed E-state index contributed by atoms with van der Waals surface area (Å²) in [5.41, 5.74) is 4.45. The number of anilines is 2. The lowest BCUT2D eigenvalue weighted by Gasteiger charge is -2.31. The molecule has 1 N–H and O–H groups in total. The molecule has 0 saturated carbocycles. The minimum Gasteiger partial charge on any atom is -0.465 e. The van der Waals surface area contributed by atoms with Gasteiger partial charge in [0.15, 0.2) is 0 Å². The fourth-order valence-electron chi connectivity index (χ4n) is 3.69. The minimum atomic E-state index is -0.278. The molecule has 0 unspecified atom stereocenters. The molecule has 0 aromatic heterocycles. The van der Waals surface area contributed by atoms with Crippen molar-refractivity contribution in [2.24, 2.45) is 10.4 Å². The molecule has 3 rings (SSSR count). The number of ether oxygens (including phenoxy) is 2. The molecular formula is C22H31N3O3. The van der Waals surface area contributed by atoms with E-state index in [0.29, 0.717) is 6.61 Å². The van der Waals surface area contributed by atoms with E-state index in [9.17, 15) is 4.79 Å². The quantitative estimate of drug-likeness (QED) is 0.758. The lowest BCUT2D eigenvalue weighted by molar-refractivity contribution is -0.141. The highest BCUT2D eigenvalue weighted by Crippen LogP contribution is 2.34. The average molecular weight is 386 g/mol. The normalized spacial score (nSPS) is 20.6. The Labute approximate surface area is 167 Å². The van der Waals surface area contributed by atoms with Gasteiger partial charge in [0.05, 0.1) is 19.8 Å². The van der Waals surface area contributed by atoms with Crippen LogP contribution in [0.3, 0.4) is 0 Å². The Morgan fingerprint density at radius 1 is 1.21 bits per heavy atom. The molecule has 0 amide bonds. The molecule has 152 valence electrons. The van der Waals surface area contributed by atoms with Crippen LogP contribution in [0.4, 0.5) is 11.4 Å². The third kappa shape index (κ3) is 5.83. The molecule has 1 aromatic carbocycles. The number of hydrogen-bond acceptors (Lipinski definition) is 6. The number of nitrogens with one attached hydrogen (secondary N) is 1. The lowest BCUT2D eigenvalue weighted by atomic mass is 9.78. The zero-order chi connectivity index (χ0) is 20.0. The molecule has 0 spiro atoms. The first kappa shape index (κ1) is 20.4. The van der Waals surface area contributed by atoms with Crippen molar-refractivity contribution in [3.8, 4) is 0 Å². The van der Waals surface area contributed by atoms with Gasteiger partial charge in [-0.05, 0) is 55.5 Å². The number of morpholine rings is 1. The van der Waals surface area contributed by atoms with Crippen LogP contribution in [0.5, 0.6) is 0 Å². The van der Waals surface area contributed by atoms with E-state index in [0.717, 1.165) is 56.2 Å². The first-order valence-corrected chi connectivity index (χ1v) is 10.0. The summed E-state index contributed by atoms with van der Waals surface area (Å²) in [7, 11) is 0. The van der Waals surface area contributed by atoms with Crippen molar-refractivity contribution in [3.05, 3.63) is 36.0 Å². The SMILES string of the molecule is CCOC(=O)CN=C1C=C(Nc2ccc(N3CCOCC3)cc2)CC(C)(C)C1. The van der Waals surface area contributed by atoms with Crippen molar-refractivity contribution in [2.75, 3.05) is 49.7 Å². The van der Waals surface area contributed by atoms with Crippen molar-refractivity contribution < 1.29 is 14.3 Å². The summed E-state index contributed by atoms with van der Waals surface area (Å²) >= 11 is 0. The van der Waals surface area contributed by atoms with Gasteiger partial charge in [0.1, 0.15) is 6.54 Å². The van der Waals surface area contributed by atoms with E-state index in [-0.39, 0.29) is 17.9 Å². The third-order valence-electron chi connectivity index (χ3n) is 4.93. The monoisotopic (exact) mass is 385 g/mol. The van der Waals surface area contributed by atoms with Gasteiger partial charge >= 0.3 is 5.97 Å². The molecule has 6 heteroatoms. The molecule has 2 aliphatic rings. The summed E-state index contributed by atoms with van der Waals surface area (Å²) in [5.74, 6) is -0.278. The predicted octanol–water partition coefficient (Wildman–Crippen LogP) is 3.64. The highest BCUT2D eigenvalue weighted by atomic mass is 16.5. The summed E-state index contributed by atoms with van der Waals surface area (Å²) < 4.78 is 10.4. The number of aliphatic imine (C=N–C) groups is 1. The van der Waals surface area contributed by atoms with Gasteiger partial charge < -0.3 is 19.7 Å². The second-order valence-electron chi connectivity index (χ2n) is 8.07. The van der Waals surface area contributed by atoms with E-state index in [2.05, 4.69) is 59.4 Å². The number of benzene rings is 1. The maximum Gasteiger partial charge on any atom is 0.327 e. The van der Waals surface area contributed by atoms with Gasteiger partial charge in [-0.15, -0.1) is 0 Å². The Hall–Kier alpha value is -2.34. The van der Waals surface area contributed by atoms with E-state index < -0.39 is 0 Å². The standard InChI is InChI=1S/C22H31N3O3/c1-4-28-21(26)16-23-18-13-19(15-22(2,3)14-18)24-17-5-7-20(8-6-17)25-9-11-27-12-10-25/h5-8,13,24H,4,9-12,14-16H2,1-3H3. The fourth-order valence-corrected chi connectivity index (χ4v) is 3.69. The number of carbonyl (C=O) groups excluding carboxylic acids is 1. The molecule has 28 heavy (non-hydrogen) atoms. The van der Waals surface area contributed by atoms with Gasteiger partial charge in [-0.3, -0.25) is 9.79 Å². The zero-order valence-electron chi connectivity index (χ0n) is 17.2. The van der Waals surface area contributed by atoms with Crippen LogP contribution < -0.4 is 10.2 Å². The molecule has 1 fully saturated rings. The van der Waals surface area contributed by atoms with Crippen LogP contribution in [0.25, 0.3) is 0 Å². The first-order valence-electron chi connectivity index (χ1n) is 10.0. The van der Waals surface area contributed by atoms with E-state index in [1.807, 2.05) is 0 Å². The Kier molecular flexibility index (Phi) is 6.73. The third-order valence-corrected chi connectivity index (χ3v) is 4.93. The summed E-state index contributed by atoms with van der Waals surface area (Å²) in [6.45, 7) is 10.2. The van der Waals surface area contributed by atoms with Crippen LogP contribution in [0, 0.1) is 5.41 Å². The van der Waals surface area contributed by atoms with Gasteiger partial charge in [0.25, 0.3) is 0 Å². The number of esters is 1. The second-order valence-corrected chi connectivity index (χ2v) is 8.07. The number of hydrogen-bond donors (Lipinski definition) is 1. The Bertz CT molecular complexity index is 732. The molecule has 1 heterocycles. The molecule has 0 radical (unpaired) electrons. The number of allylic oxidation sites excluding steroid dienone is 2. The van der Waals surface area contributed by atoms with Gasteiger partial charge in [0.2, 0.25) is 0 Å². The zero-order valence-corrected chi connectivity index (χ0v) is 17.2. The van der Waals surface area contributed by atoms with Crippen molar-refractivity contribution in [2.45, 2.75) is 33.6 Å². The van der Waals surface area contributed by atoms with Gasteiger partial charge in [-0.2, -0.15) is 0 Å². The topological polar surface area (TPSA) is 63.2 Å². The van der Waals surface area contributed by atoms with Crippen molar-refractivity contribution in [1.82, 2.24) is 0 Å². The van der Waals surface area contributed by atoms with Gasteiger partial charge in [-0.1, -0.05) is 13.8 Å². The summed E-state index contributed by atoms with van der Waals surface area (Å²) in [6.07, 6.45) is 3.87. The molecule has 1 aliphatic heterocycles. The van der Waals surface area contributed by atoms with Crippen molar-refractivity contribution in [3.63, 3.8) is 0 Å². The van der Waals surface area contributed by atoms with Crippen LogP contribution in [0.1, 0.15) is 33.6 Å². The minimum absolute atomic E-state index is 0.0806. The smallest absolute Gasteiger partial charge is 0.327 e. The summed E-state index contributed by atoms with van der Waals surface area (Å²) in [5, 5.41) is 3.53. The summed E-state index contributed by atoms with van der Waals surface area (Å²) in [6, 6.07) is 8.53. The molecule has 1 aliphatic carbocycles. The second kappa shape index (κ2) is 9.24. The van der Waals surface area contributed by atoms with Crippen molar-refractivity contribution in [1.29, 1.82) is 0 Å². The molecule has 1 saturated heterocycles. The average Bonchev–Trinajstić information content (AvgIpc) is 2.67. The van der Waals surface area contributed by atoms with Gasteiger partial charge in [-0.25, -0.2) is 0 Å². The van der Waals surface area contributed by atoms with Crippen LogP contribution in [-0.2, 0) is 14.3 Å². The molecular weight excluding hydrogens is 354 g/mol. The van der Waals surface area contributed by atoms with Crippen LogP contribution in [0.2, 0.25) is 0 Å². The molecule has 0 atom stereocenters. The Balaban J connectivity index is 1.67. The number of carbonyl (C=O) groups is 1. The number of rotatable bonds is 6. The fraction of sp³-hybridized carbons (Fsp3) is 0.545. The maximum absolute atomic E-state index is 11.6. The van der Waals surface area contributed by atoms with E-state index in [1.165, 1.54) is 5.69 Å².